The third-order valence-corrected chi connectivity index (χ3v) is 3.18. The van der Waals surface area contributed by atoms with Gasteiger partial charge in [0.15, 0.2) is 0 Å². The number of likely N-dealkylation sites (N-methyl/N-ethyl adjacent to an activating group) is 1. The maximum absolute atomic E-state index is 12.3. The van der Waals surface area contributed by atoms with Crippen LogP contribution in [0, 0.1) is 0 Å². The van der Waals surface area contributed by atoms with Crippen molar-refractivity contribution in [2.75, 3.05) is 13.1 Å². The van der Waals surface area contributed by atoms with Crippen LogP contribution in [0.25, 0.3) is 0 Å². The second-order valence-electron chi connectivity index (χ2n) is 4.54. The maximum Gasteiger partial charge on any atom is 0.255 e. The number of nitrogens with one attached hydrogen (secondary N) is 1. The van der Waals surface area contributed by atoms with Gasteiger partial charge in [-0.05, 0) is 26.8 Å². The van der Waals surface area contributed by atoms with E-state index >= 15 is 0 Å². The van der Waals surface area contributed by atoms with Crippen molar-refractivity contribution in [3.8, 4) is 0 Å². The Balaban J connectivity index is 2.81. The van der Waals surface area contributed by atoms with Crippen molar-refractivity contribution >= 4 is 35.0 Å². The first-order chi connectivity index (χ1) is 9.35. The number of amides is 2. The van der Waals surface area contributed by atoms with E-state index in [2.05, 4.69) is 10.3 Å². The zero-order chi connectivity index (χ0) is 15.3. The average molecular weight is 318 g/mol. The van der Waals surface area contributed by atoms with Gasteiger partial charge in [0, 0.05) is 18.8 Å². The molecule has 1 rings (SSSR count). The number of carbonyl (C=O) groups is 2. The van der Waals surface area contributed by atoms with E-state index in [4.69, 9.17) is 23.2 Å². The zero-order valence-electron chi connectivity index (χ0n) is 11.6. The quantitative estimate of drug-likeness (QED) is 0.848. The van der Waals surface area contributed by atoms with Crippen molar-refractivity contribution in [1.29, 1.82) is 0 Å². The third-order valence-electron chi connectivity index (χ3n) is 2.50. The van der Waals surface area contributed by atoms with Gasteiger partial charge in [0.25, 0.3) is 5.91 Å². The summed E-state index contributed by atoms with van der Waals surface area (Å²) in [5, 5.41) is 3.09. The first-order valence-electron chi connectivity index (χ1n) is 6.24. The van der Waals surface area contributed by atoms with Gasteiger partial charge in [0.2, 0.25) is 5.91 Å². The summed E-state index contributed by atoms with van der Waals surface area (Å²) >= 11 is 11.5. The van der Waals surface area contributed by atoms with Gasteiger partial charge in [-0.1, -0.05) is 23.2 Å². The van der Waals surface area contributed by atoms with Gasteiger partial charge in [-0.25, -0.2) is 4.98 Å². The van der Waals surface area contributed by atoms with Crippen LogP contribution in [0.4, 0.5) is 0 Å². The smallest absolute Gasteiger partial charge is 0.255 e. The highest BCUT2D eigenvalue weighted by atomic mass is 35.5. The molecule has 0 aliphatic heterocycles. The van der Waals surface area contributed by atoms with Crippen LogP contribution in [-0.2, 0) is 4.79 Å². The van der Waals surface area contributed by atoms with Crippen molar-refractivity contribution in [3.63, 3.8) is 0 Å². The Morgan fingerprint density at radius 1 is 1.40 bits per heavy atom. The largest absolute Gasteiger partial charge is 0.352 e. The molecule has 5 nitrogen and oxygen atoms in total. The molecule has 0 bridgehead atoms. The molecule has 20 heavy (non-hydrogen) atoms. The highest BCUT2D eigenvalue weighted by Gasteiger charge is 2.18. The first-order valence-corrected chi connectivity index (χ1v) is 7.00. The SMILES string of the molecule is CCN(CC(=O)NC(C)C)C(=O)c1cnc(Cl)c(Cl)c1. The van der Waals surface area contributed by atoms with Gasteiger partial charge in [0.1, 0.15) is 5.15 Å². The molecule has 1 N–H and O–H groups in total. The highest BCUT2D eigenvalue weighted by Crippen LogP contribution is 2.20. The average Bonchev–Trinajstić information content (AvgIpc) is 2.37. The van der Waals surface area contributed by atoms with E-state index in [1.165, 1.54) is 17.2 Å². The summed E-state index contributed by atoms with van der Waals surface area (Å²) in [5.74, 6) is -0.513. The third kappa shape index (κ3) is 4.65. The summed E-state index contributed by atoms with van der Waals surface area (Å²) in [4.78, 5) is 29.2. The molecule has 0 radical (unpaired) electrons. The monoisotopic (exact) mass is 317 g/mol. The number of hydrogen-bond acceptors (Lipinski definition) is 3. The van der Waals surface area contributed by atoms with Crippen LogP contribution in [0.1, 0.15) is 31.1 Å². The van der Waals surface area contributed by atoms with Crippen LogP contribution in [0.5, 0.6) is 0 Å². The Hall–Kier alpha value is -1.33. The predicted molar refractivity (Wildman–Crippen MR) is 79.1 cm³/mol. The minimum absolute atomic E-state index is 0.00619. The lowest BCUT2D eigenvalue weighted by atomic mass is 10.2. The van der Waals surface area contributed by atoms with Crippen molar-refractivity contribution in [2.24, 2.45) is 0 Å². The Morgan fingerprint density at radius 3 is 2.55 bits per heavy atom. The van der Waals surface area contributed by atoms with Crippen molar-refractivity contribution < 1.29 is 9.59 Å². The van der Waals surface area contributed by atoms with Crippen LogP contribution >= 0.6 is 23.2 Å². The van der Waals surface area contributed by atoms with E-state index in [0.717, 1.165) is 0 Å². The summed E-state index contributed by atoms with van der Waals surface area (Å²) < 4.78 is 0. The lowest BCUT2D eigenvalue weighted by Crippen LogP contribution is -2.42. The van der Waals surface area contributed by atoms with E-state index in [-0.39, 0.29) is 34.6 Å². The summed E-state index contributed by atoms with van der Waals surface area (Å²) in [6.07, 6.45) is 1.35. The van der Waals surface area contributed by atoms with Crippen LogP contribution < -0.4 is 5.32 Å². The van der Waals surface area contributed by atoms with Crippen molar-refractivity contribution in [3.05, 3.63) is 28.0 Å². The van der Waals surface area contributed by atoms with Gasteiger partial charge < -0.3 is 10.2 Å². The molecule has 0 fully saturated rings. The van der Waals surface area contributed by atoms with E-state index in [9.17, 15) is 9.59 Å². The summed E-state index contributed by atoms with van der Waals surface area (Å²) in [6.45, 7) is 5.92. The van der Waals surface area contributed by atoms with Gasteiger partial charge in [-0.15, -0.1) is 0 Å². The topological polar surface area (TPSA) is 62.3 Å². The molecule has 0 aliphatic rings. The van der Waals surface area contributed by atoms with Crippen LogP contribution in [-0.4, -0.2) is 40.8 Å². The van der Waals surface area contributed by atoms with Gasteiger partial charge in [0.05, 0.1) is 17.1 Å². The molecule has 110 valence electrons. The van der Waals surface area contributed by atoms with Crippen LogP contribution in [0.3, 0.4) is 0 Å². The number of pyridine rings is 1. The minimum Gasteiger partial charge on any atom is -0.352 e. The maximum atomic E-state index is 12.3. The molecule has 0 spiro atoms. The first kappa shape index (κ1) is 16.7. The van der Waals surface area contributed by atoms with Crippen molar-refractivity contribution in [2.45, 2.75) is 26.8 Å². The number of aromatic nitrogens is 1. The fourth-order valence-corrected chi connectivity index (χ4v) is 1.86. The van der Waals surface area contributed by atoms with E-state index < -0.39 is 0 Å². The molecule has 1 aromatic rings. The standard InChI is InChI=1S/C13H17Cl2N3O2/c1-4-18(7-11(19)17-8(2)3)13(20)9-5-10(14)12(15)16-6-9/h5-6,8H,4,7H2,1-3H3,(H,17,19). The zero-order valence-corrected chi connectivity index (χ0v) is 13.1. The van der Waals surface area contributed by atoms with E-state index in [1.807, 2.05) is 13.8 Å². The lowest BCUT2D eigenvalue weighted by Gasteiger charge is -2.21. The lowest BCUT2D eigenvalue weighted by molar-refractivity contribution is -0.122. The molecule has 0 aromatic carbocycles. The van der Waals surface area contributed by atoms with Crippen LogP contribution in [0.15, 0.2) is 12.3 Å². The Morgan fingerprint density at radius 2 is 2.05 bits per heavy atom. The number of carbonyl (C=O) groups excluding carboxylic acids is 2. The Kier molecular flexibility index (Phi) is 6.23. The number of halogens is 2. The van der Waals surface area contributed by atoms with Crippen molar-refractivity contribution in [1.82, 2.24) is 15.2 Å². The van der Waals surface area contributed by atoms with E-state index in [1.54, 1.807) is 6.92 Å². The minimum atomic E-state index is -0.308. The molecular weight excluding hydrogens is 301 g/mol. The molecule has 7 heteroatoms. The molecule has 0 unspecified atom stereocenters. The second kappa shape index (κ2) is 7.45. The van der Waals surface area contributed by atoms with Gasteiger partial charge >= 0.3 is 0 Å². The molecule has 1 heterocycles. The van der Waals surface area contributed by atoms with E-state index in [0.29, 0.717) is 12.1 Å². The molecule has 0 saturated heterocycles. The molecular formula is C13H17Cl2N3O2. The molecule has 0 aliphatic carbocycles. The van der Waals surface area contributed by atoms with Gasteiger partial charge in [-0.3, -0.25) is 9.59 Å². The number of hydrogen-bond donors (Lipinski definition) is 1. The Bertz CT molecular complexity index is 506. The fourth-order valence-electron chi connectivity index (χ4n) is 1.59. The molecule has 0 saturated carbocycles. The van der Waals surface area contributed by atoms with Crippen LogP contribution in [0.2, 0.25) is 10.2 Å². The summed E-state index contributed by atoms with van der Waals surface area (Å²) in [7, 11) is 0. The number of nitrogens with zero attached hydrogens (tertiary/aromatic N) is 2. The molecule has 2 amide bonds. The number of rotatable bonds is 5. The summed E-state index contributed by atoms with van der Waals surface area (Å²) in [6, 6.07) is 1.48. The fraction of sp³-hybridized carbons (Fsp3) is 0.462. The normalized spacial score (nSPS) is 10.5. The van der Waals surface area contributed by atoms with Gasteiger partial charge in [-0.2, -0.15) is 0 Å². The predicted octanol–water partition coefficient (Wildman–Crippen LogP) is 2.38. The molecule has 0 atom stereocenters. The summed E-state index contributed by atoms with van der Waals surface area (Å²) in [5.41, 5.74) is 0.304. The molecule has 1 aromatic heterocycles. The highest BCUT2D eigenvalue weighted by molar-refractivity contribution is 6.41. The second-order valence-corrected chi connectivity index (χ2v) is 5.30. The Labute approximate surface area is 128 Å².